The van der Waals surface area contributed by atoms with Crippen LogP contribution in [0.15, 0.2) is 60.7 Å². The molecule has 1 aliphatic heterocycles. The Morgan fingerprint density at radius 3 is 2.78 bits per heavy atom. The summed E-state index contributed by atoms with van der Waals surface area (Å²) in [6.45, 7) is 3.65. The molecule has 0 amide bonds. The predicted molar refractivity (Wildman–Crippen MR) is 106 cm³/mol. The average Bonchev–Trinajstić information content (AvgIpc) is 2.74. The smallest absolute Gasteiger partial charge is 0.131 e. The molecule has 0 atom stereocenters. The monoisotopic (exact) mass is 359 g/mol. The molecule has 4 nitrogen and oxygen atoms in total. The van der Waals surface area contributed by atoms with E-state index < -0.39 is 0 Å². The van der Waals surface area contributed by atoms with Crippen molar-refractivity contribution in [3.05, 3.63) is 78.0 Å². The van der Waals surface area contributed by atoms with Gasteiger partial charge in [-0.3, -0.25) is 4.90 Å². The van der Waals surface area contributed by atoms with E-state index >= 15 is 0 Å². The highest BCUT2D eigenvalue weighted by Crippen LogP contribution is 2.32. The van der Waals surface area contributed by atoms with Gasteiger partial charge in [-0.1, -0.05) is 30.3 Å². The summed E-state index contributed by atoms with van der Waals surface area (Å²) in [5, 5.41) is 0. The zero-order valence-electron chi connectivity index (χ0n) is 15.5. The first-order valence-corrected chi connectivity index (χ1v) is 9.27. The molecule has 0 spiro atoms. The van der Waals surface area contributed by atoms with Crippen LogP contribution in [0.3, 0.4) is 0 Å². The minimum absolute atomic E-state index is 0.655. The first-order valence-electron chi connectivity index (χ1n) is 9.27. The molecule has 1 aromatic heterocycles. The molecule has 0 saturated carbocycles. The number of rotatable bonds is 6. The van der Waals surface area contributed by atoms with Gasteiger partial charge >= 0.3 is 0 Å². The molecule has 1 radical (unpaired) electrons. The second-order valence-corrected chi connectivity index (χ2v) is 6.66. The van der Waals surface area contributed by atoms with E-state index in [0.717, 1.165) is 48.8 Å². The minimum atomic E-state index is 0.655. The molecule has 2 aromatic carbocycles. The van der Waals surface area contributed by atoms with Gasteiger partial charge in [0.05, 0.1) is 19.0 Å². The van der Waals surface area contributed by atoms with Crippen LogP contribution in [-0.4, -0.2) is 36.7 Å². The third kappa shape index (κ3) is 4.12. The molecule has 4 rings (SSSR count). The quantitative estimate of drug-likeness (QED) is 0.666. The Balaban J connectivity index is 1.36. The summed E-state index contributed by atoms with van der Waals surface area (Å²) in [4.78, 5) is 6.72. The predicted octanol–water partition coefficient (Wildman–Crippen LogP) is 3.99. The maximum Gasteiger partial charge on any atom is 0.131 e. The Bertz CT molecular complexity index is 896. The van der Waals surface area contributed by atoms with E-state index in [-0.39, 0.29) is 0 Å². The van der Waals surface area contributed by atoms with Gasteiger partial charge in [0.25, 0.3) is 0 Å². The van der Waals surface area contributed by atoms with Crippen LogP contribution in [-0.2, 0) is 13.0 Å². The van der Waals surface area contributed by atoms with Crippen molar-refractivity contribution in [3.8, 4) is 22.8 Å². The summed E-state index contributed by atoms with van der Waals surface area (Å²) >= 11 is 0. The molecule has 0 fully saturated rings. The van der Waals surface area contributed by atoms with E-state index in [4.69, 9.17) is 9.47 Å². The normalized spacial score (nSPS) is 13.8. The van der Waals surface area contributed by atoms with Crippen LogP contribution in [0.25, 0.3) is 11.3 Å². The summed E-state index contributed by atoms with van der Waals surface area (Å²) in [5.41, 5.74) is 4.69. The van der Waals surface area contributed by atoms with E-state index in [1.54, 1.807) is 13.2 Å². The molecule has 0 aliphatic carbocycles. The number of benzene rings is 2. The highest BCUT2D eigenvalue weighted by molar-refractivity contribution is 5.68. The Labute approximate surface area is 160 Å². The third-order valence-electron chi connectivity index (χ3n) is 4.94. The van der Waals surface area contributed by atoms with Crippen molar-refractivity contribution >= 4 is 0 Å². The van der Waals surface area contributed by atoms with Crippen molar-refractivity contribution in [1.29, 1.82) is 0 Å². The van der Waals surface area contributed by atoms with E-state index in [2.05, 4.69) is 40.3 Å². The number of hydrogen-bond acceptors (Lipinski definition) is 4. The summed E-state index contributed by atoms with van der Waals surface area (Å²) in [6, 6.07) is 20.2. The lowest BCUT2D eigenvalue weighted by Gasteiger charge is -2.28. The Morgan fingerprint density at radius 2 is 1.96 bits per heavy atom. The van der Waals surface area contributed by atoms with Crippen LogP contribution < -0.4 is 9.47 Å². The Kier molecular flexibility index (Phi) is 5.35. The van der Waals surface area contributed by atoms with Gasteiger partial charge in [0.1, 0.15) is 18.1 Å². The maximum atomic E-state index is 5.98. The van der Waals surface area contributed by atoms with Crippen LogP contribution in [0.5, 0.6) is 11.5 Å². The van der Waals surface area contributed by atoms with Crippen LogP contribution in [0.1, 0.15) is 11.1 Å². The molecule has 3 aromatic rings. The molecule has 0 unspecified atom stereocenters. The topological polar surface area (TPSA) is 34.6 Å². The fourth-order valence-electron chi connectivity index (χ4n) is 3.49. The van der Waals surface area contributed by atoms with Gasteiger partial charge in [-0.15, -0.1) is 0 Å². The van der Waals surface area contributed by atoms with Crippen molar-refractivity contribution in [1.82, 2.24) is 9.88 Å². The first-order chi connectivity index (χ1) is 13.3. The number of nitrogens with zero attached hydrogens (tertiary/aromatic N) is 2. The number of methoxy groups -OCH3 is 1. The zero-order chi connectivity index (χ0) is 18.5. The lowest BCUT2D eigenvalue weighted by atomic mass is 10.0. The second-order valence-electron chi connectivity index (χ2n) is 6.66. The van der Waals surface area contributed by atoms with Crippen molar-refractivity contribution < 1.29 is 9.47 Å². The molecule has 0 saturated heterocycles. The van der Waals surface area contributed by atoms with Crippen LogP contribution >= 0.6 is 0 Å². The SMILES string of the molecule is COc1cc(OCCN2CCc3ccccc3C2)ccc1-c1ccc[c]n1. The second kappa shape index (κ2) is 8.23. The number of aromatic nitrogens is 1. The third-order valence-corrected chi connectivity index (χ3v) is 4.94. The summed E-state index contributed by atoms with van der Waals surface area (Å²) in [7, 11) is 1.67. The van der Waals surface area contributed by atoms with Gasteiger partial charge in [0.15, 0.2) is 0 Å². The molecule has 0 N–H and O–H groups in total. The molecule has 27 heavy (non-hydrogen) atoms. The summed E-state index contributed by atoms with van der Waals surface area (Å²) in [6.07, 6.45) is 3.97. The van der Waals surface area contributed by atoms with Gasteiger partial charge < -0.3 is 9.47 Å². The molecule has 4 heteroatoms. The van der Waals surface area contributed by atoms with Crippen LogP contribution in [0.2, 0.25) is 0 Å². The van der Waals surface area contributed by atoms with Gasteiger partial charge in [-0.05, 0) is 41.8 Å². The Morgan fingerprint density at radius 1 is 1.07 bits per heavy atom. The Hall–Kier alpha value is -2.85. The molecule has 2 heterocycles. The number of pyridine rings is 1. The standard InChI is InChI=1S/C23H23N2O2/c1-26-23-16-20(9-10-21(23)22-8-4-5-12-24-22)27-15-14-25-13-11-18-6-2-3-7-19(18)17-25/h2-10,16H,11,13-15,17H2,1H3. The average molecular weight is 359 g/mol. The summed E-state index contributed by atoms with van der Waals surface area (Å²) in [5.74, 6) is 1.57. The number of hydrogen-bond donors (Lipinski definition) is 0. The van der Waals surface area contributed by atoms with Crippen LogP contribution in [0.4, 0.5) is 0 Å². The fraction of sp³-hybridized carbons (Fsp3) is 0.261. The largest absolute Gasteiger partial charge is 0.496 e. The number of ether oxygens (including phenoxy) is 2. The van der Waals surface area contributed by atoms with Crippen molar-refractivity contribution in [2.24, 2.45) is 0 Å². The lowest BCUT2D eigenvalue weighted by Crippen LogP contribution is -2.33. The highest BCUT2D eigenvalue weighted by atomic mass is 16.5. The highest BCUT2D eigenvalue weighted by Gasteiger charge is 2.15. The van der Waals surface area contributed by atoms with Crippen molar-refractivity contribution in [3.63, 3.8) is 0 Å². The van der Waals surface area contributed by atoms with Crippen LogP contribution in [0, 0.1) is 6.20 Å². The molecular formula is C23H23N2O2. The molecule has 1 aliphatic rings. The van der Waals surface area contributed by atoms with Gasteiger partial charge in [0.2, 0.25) is 0 Å². The van der Waals surface area contributed by atoms with E-state index in [9.17, 15) is 0 Å². The molecular weight excluding hydrogens is 336 g/mol. The van der Waals surface area contributed by atoms with Gasteiger partial charge in [-0.2, -0.15) is 0 Å². The van der Waals surface area contributed by atoms with E-state index in [0.29, 0.717) is 6.61 Å². The molecule has 137 valence electrons. The molecule has 0 bridgehead atoms. The van der Waals surface area contributed by atoms with Gasteiger partial charge in [0, 0.05) is 31.3 Å². The van der Waals surface area contributed by atoms with E-state index in [1.807, 2.05) is 30.3 Å². The zero-order valence-corrected chi connectivity index (χ0v) is 15.5. The maximum absolute atomic E-state index is 5.98. The minimum Gasteiger partial charge on any atom is -0.496 e. The number of fused-ring (bicyclic) bond motifs is 1. The van der Waals surface area contributed by atoms with Gasteiger partial charge in [-0.25, -0.2) is 4.98 Å². The van der Waals surface area contributed by atoms with E-state index in [1.165, 1.54) is 11.1 Å². The lowest BCUT2D eigenvalue weighted by molar-refractivity contribution is 0.196. The van der Waals surface area contributed by atoms with Crippen molar-refractivity contribution in [2.75, 3.05) is 26.8 Å². The van der Waals surface area contributed by atoms with Crippen molar-refractivity contribution in [2.45, 2.75) is 13.0 Å². The fourth-order valence-corrected chi connectivity index (χ4v) is 3.49. The first kappa shape index (κ1) is 17.6. The summed E-state index contributed by atoms with van der Waals surface area (Å²) < 4.78 is 11.5.